The van der Waals surface area contributed by atoms with Crippen molar-refractivity contribution in [1.29, 1.82) is 0 Å². The number of benzene rings is 4. The fourth-order valence-electron chi connectivity index (χ4n) is 4.33. The van der Waals surface area contributed by atoms with Crippen LogP contribution in [0.4, 0.5) is 8.78 Å². The van der Waals surface area contributed by atoms with E-state index in [0.717, 1.165) is 22.9 Å². The minimum atomic E-state index is -0.506. The summed E-state index contributed by atoms with van der Waals surface area (Å²) < 4.78 is 34.0. The van der Waals surface area contributed by atoms with E-state index in [1.165, 1.54) is 68.4 Å². The number of hydrogen-bond acceptors (Lipinski definition) is 1. The van der Waals surface area contributed by atoms with Crippen molar-refractivity contribution in [3.05, 3.63) is 90.0 Å². The van der Waals surface area contributed by atoms with E-state index in [1.807, 2.05) is 12.1 Å². The van der Waals surface area contributed by atoms with Crippen LogP contribution in [-0.2, 0) is 6.42 Å². The lowest BCUT2D eigenvalue weighted by Gasteiger charge is -2.10. The third-order valence-electron chi connectivity index (χ3n) is 6.24. The van der Waals surface area contributed by atoms with Crippen LogP contribution in [0, 0.1) is 11.6 Å². The maximum absolute atomic E-state index is 14.9. The fraction of sp³-hybridized carbons (Fsp3) is 0.267. The van der Waals surface area contributed by atoms with Gasteiger partial charge in [-0.2, -0.15) is 0 Å². The van der Waals surface area contributed by atoms with Gasteiger partial charge in [0.15, 0.2) is 11.6 Å². The van der Waals surface area contributed by atoms with Gasteiger partial charge in [-0.15, -0.1) is 0 Å². The molecular weight excluding hydrogens is 414 g/mol. The van der Waals surface area contributed by atoms with Crippen molar-refractivity contribution >= 4 is 10.8 Å². The predicted octanol–water partition coefficient (Wildman–Crippen LogP) is 8.97. The Balaban J connectivity index is 1.53. The van der Waals surface area contributed by atoms with E-state index in [9.17, 15) is 8.78 Å². The Bertz CT molecular complexity index is 1250. The Labute approximate surface area is 195 Å². The molecule has 0 amide bonds. The van der Waals surface area contributed by atoms with Gasteiger partial charge in [0.05, 0.1) is 7.11 Å². The van der Waals surface area contributed by atoms with Crippen molar-refractivity contribution in [3.63, 3.8) is 0 Å². The fourth-order valence-corrected chi connectivity index (χ4v) is 4.33. The van der Waals surface area contributed by atoms with E-state index in [-0.39, 0.29) is 11.6 Å². The van der Waals surface area contributed by atoms with Gasteiger partial charge in [0.1, 0.15) is 5.82 Å². The molecule has 33 heavy (non-hydrogen) atoms. The highest BCUT2D eigenvalue weighted by molar-refractivity contribution is 5.88. The van der Waals surface area contributed by atoms with Crippen LogP contribution in [0.1, 0.15) is 44.6 Å². The molecule has 4 aromatic rings. The zero-order valence-corrected chi connectivity index (χ0v) is 19.3. The maximum atomic E-state index is 14.9. The summed E-state index contributed by atoms with van der Waals surface area (Å²) in [5.74, 6) is -0.740. The minimum absolute atomic E-state index is 0.145. The highest BCUT2D eigenvalue weighted by atomic mass is 19.1. The van der Waals surface area contributed by atoms with E-state index >= 15 is 0 Å². The van der Waals surface area contributed by atoms with Crippen molar-refractivity contribution < 1.29 is 13.5 Å². The summed E-state index contributed by atoms with van der Waals surface area (Å²) in [6.45, 7) is 2.24. The normalized spacial score (nSPS) is 11.2. The molecule has 0 aliphatic rings. The molecule has 0 aliphatic carbocycles. The molecule has 0 radical (unpaired) electrons. The number of aryl methyl sites for hydroxylation is 1. The van der Waals surface area contributed by atoms with Crippen LogP contribution in [-0.4, -0.2) is 7.11 Å². The number of halogens is 2. The first-order valence-electron chi connectivity index (χ1n) is 11.8. The number of ether oxygens (including phenoxy) is 1. The van der Waals surface area contributed by atoms with Crippen LogP contribution in [0.5, 0.6) is 5.75 Å². The molecule has 3 heteroatoms. The number of rotatable bonds is 9. The average molecular weight is 445 g/mol. The second-order valence-electron chi connectivity index (χ2n) is 8.60. The first kappa shape index (κ1) is 23.0. The molecule has 0 saturated carbocycles. The Morgan fingerprint density at radius 2 is 1.30 bits per heavy atom. The van der Waals surface area contributed by atoms with Crippen molar-refractivity contribution in [2.45, 2.75) is 45.4 Å². The Morgan fingerprint density at radius 3 is 2.06 bits per heavy atom. The molecule has 1 nitrogen and oxygen atoms in total. The lowest BCUT2D eigenvalue weighted by molar-refractivity contribution is 0.386. The lowest BCUT2D eigenvalue weighted by atomic mass is 9.96. The third kappa shape index (κ3) is 5.42. The highest BCUT2D eigenvalue weighted by Crippen LogP contribution is 2.32. The second kappa shape index (κ2) is 10.6. The summed E-state index contributed by atoms with van der Waals surface area (Å²) >= 11 is 0. The van der Waals surface area contributed by atoms with Gasteiger partial charge in [0, 0.05) is 5.56 Å². The maximum Gasteiger partial charge on any atom is 0.165 e. The molecule has 0 spiro atoms. The molecular formula is C30H30F2O. The van der Waals surface area contributed by atoms with Gasteiger partial charge >= 0.3 is 0 Å². The van der Waals surface area contributed by atoms with Gasteiger partial charge in [-0.1, -0.05) is 81.1 Å². The smallest absolute Gasteiger partial charge is 0.165 e. The first-order chi connectivity index (χ1) is 16.1. The van der Waals surface area contributed by atoms with Gasteiger partial charge in [-0.05, 0) is 70.1 Å². The number of hydrogen-bond donors (Lipinski definition) is 0. The molecule has 0 saturated heterocycles. The molecule has 0 aliphatic heterocycles. The highest BCUT2D eigenvalue weighted by Gasteiger charge is 2.11. The van der Waals surface area contributed by atoms with Gasteiger partial charge in [-0.3, -0.25) is 0 Å². The van der Waals surface area contributed by atoms with E-state index in [0.29, 0.717) is 11.1 Å². The average Bonchev–Trinajstić information content (AvgIpc) is 2.83. The van der Waals surface area contributed by atoms with Crippen molar-refractivity contribution in [2.24, 2.45) is 0 Å². The largest absolute Gasteiger partial charge is 0.494 e. The summed E-state index contributed by atoms with van der Waals surface area (Å²) in [5.41, 5.74) is 3.98. The summed E-state index contributed by atoms with van der Waals surface area (Å²) in [4.78, 5) is 0. The summed E-state index contributed by atoms with van der Waals surface area (Å²) in [6, 6.07) is 22.5. The van der Waals surface area contributed by atoms with E-state index in [4.69, 9.17) is 4.74 Å². The van der Waals surface area contributed by atoms with Crippen molar-refractivity contribution in [2.75, 3.05) is 7.11 Å². The van der Waals surface area contributed by atoms with Gasteiger partial charge in [-0.25, -0.2) is 8.78 Å². The van der Waals surface area contributed by atoms with Crippen molar-refractivity contribution in [1.82, 2.24) is 0 Å². The first-order valence-corrected chi connectivity index (χ1v) is 11.8. The molecule has 0 fully saturated rings. The number of fused-ring (bicyclic) bond motifs is 1. The lowest BCUT2D eigenvalue weighted by Crippen LogP contribution is -1.91. The van der Waals surface area contributed by atoms with E-state index in [2.05, 4.69) is 37.3 Å². The topological polar surface area (TPSA) is 9.23 Å². The van der Waals surface area contributed by atoms with Gasteiger partial charge in [0.25, 0.3) is 0 Å². The van der Waals surface area contributed by atoms with Crippen LogP contribution in [0.2, 0.25) is 0 Å². The standard InChI is InChI=1S/C30H30F2O/c1-3-4-5-6-7-8-21-9-10-23-18-24(12-11-22(23)17-21)25-13-15-27(28(31)19-25)26-14-16-30(33-2)29(32)20-26/h9-20H,3-8H2,1-2H3. The Morgan fingerprint density at radius 1 is 0.636 bits per heavy atom. The molecule has 0 aromatic heterocycles. The zero-order valence-electron chi connectivity index (χ0n) is 19.3. The van der Waals surface area contributed by atoms with Crippen LogP contribution >= 0.6 is 0 Å². The third-order valence-corrected chi connectivity index (χ3v) is 6.24. The van der Waals surface area contributed by atoms with Gasteiger partial charge < -0.3 is 4.74 Å². The number of methoxy groups -OCH3 is 1. The van der Waals surface area contributed by atoms with Crippen molar-refractivity contribution in [3.8, 4) is 28.0 Å². The quantitative estimate of drug-likeness (QED) is 0.234. The molecule has 4 rings (SSSR count). The molecule has 4 aromatic carbocycles. The second-order valence-corrected chi connectivity index (χ2v) is 8.60. The molecule has 170 valence electrons. The summed E-state index contributed by atoms with van der Waals surface area (Å²) in [5, 5.41) is 2.35. The summed E-state index contributed by atoms with van der Waals surface area (Å²) in [7, 11) is 1.41. The summed E-state index contributed by atoms with van der Waals surface area (Å²) in [6.07, 6.45) is 7.53. The SMILES string of the molecule is CCCCCCCc1ccc2cc(-c3ccc(-c4ccc(OC)c(F)c4)c(F)c3)ccc2c1. The monoisotopic (exact) mass is 444 g/mol. The minimum Gasteiger partial charge on any atom is -0.494 e. The molecule has 0 heterocycles. The van der Waals surface area contributed by atoms with Crippen LogP contribution in [0.15, 0.2) is 72.8 Å². The Kier molecular flexibility index (Phi) is 7.39. The Hall–Kier alpha value is -3.20. The van der Waals surface area contributed by atoms with Crippen LogP contribution < -0.4 is 4.74 Å². The van der Waals surface area contributed by atoms with E-state index < -0.39 is 5.82 Å². The molecule has 0 N–H and O–H groups in total. The van der Waals surface area contributed by atoms with Crippen LogP contribution in [0.3, 0.4) is 0 Å². The van der Waals surface area contributed by atoms with E-state index in [1.54, 1.807) is 12.1 Å². The molecule has 0 bridgehead atoms. The zero-order chi connectivity index (χ0) is 23.2. The molecule has 0 unspecified atom stereocenters. The van der Waals surface area contributed by atoms with Gasteiger partial charge in [0.2, 0.25) is 0 Å². The van der Waals surface area contributed by atoms with Crippen LogP contribution in [0.25, 0.3) is 33.0 Å². The molecule has 0 atom stereocenters. The number of unbranched alkanes of at least 4 members (excludes halogenated alkanes) is 4. The predicted molar refractivity (Wildman–Crippen MR) is 134 cm³/mol.